The van der Waals surface area contributed by atoms with E-state index >= 15 is 0 Å². The van der Waals surface area contributed by atoms with E-state index in [4.69, 9.17) is 22.1 Å². The molecule has 0 spiro atoms. The van der Waals surface area contributed by atoms with Gasteiger partial charge in [0.15, 0.2) is 11.6 Å². The van der Waals surface area contributed by atoms with E-state index < -0.39 is 23.6 Å². The van der Waals surface area contributed by atoms with Gasteiger partial charge in [0.1, 0.15) is 17.2 Å². The lowest BCUT2D eigenvalue weighted by Crippen LogP contribution is -2.29. The van der Waals surface area contributed by atoms with Crippen LogP contribution in [0.1, 0.15) is 20.8 Å². The van der Waals surface area contributed by atoms with Crippen LogP contribution in [0.3, 0.4) is 0 Å². The van der Waals surface area contributed by atoms with Crippen LogP contribution in [0.4, 0.5) is 18.6 Å². The van der Waals surface area contributed by atoms with Crippen molar-refractivity contribution in [3.8, 4) is 5.88 Å². The van der Waals surface area contributed by atoms with Gasteiger partial charge in [-0.05, 0) is 41.4 Å². The van der Waals surface area contributed by atoms with E-state index in [9.17, 15) is 18.4 Å². The van der Waals surface area contributed by atoms with Gasteiger partial charge in [-0.15, -0.1) is 11.3 Å². The van der Waals surface area contributed by atoms with Gasteiger partial charge in [0.2, 0.25) is 5.88 Å². The highest BCUT2D eigenvalue weighted by Gasteiger charge is 2.22. The van der Waals surface area contributed by atoms with Gasteiger partial charge >= 0.3 is 6.03 Å². The number of thiophene rings is 1. The van der Waals surface area contributed by atoms with Crippen molar-refractivity contribution in [1.29, 1.82) is 0 Å². The van der Waals surface area contributed by atoms with Gasteiger partial charge < -0.3 is 15.8 Å². The minimum atomic E-state index is -1.02. The molecule has 0 unspecified atom stereocenters. The molecule has 29 heavy (non-hydrogen) atoms. The molecule has 4 N–H and O–H groups in total. The Bertz CT molecular complexity index is 1060. The van der Waals surface area contributed by atoms with Crippen LogP contribution in [0, 0.1) is 11.6 Å². The lowest BCUT2D eigenvalue weighted by atomic mass is 10.2. The maximum atomic E-state index is 13.2. The zero-order valence-corrected chi connectivity index (χ0v) is 16.9. The quantitative estimate of drug-likeness (QED) is 0.494. The summed E-state index contributed by atoms with van der Waals surface area (Å²) in [7, 11) is 0. The first-order valence-corrected chi connectivity index (χ1v) is 9.95. The van der Waals surface area contributed by atoms with E-state index in [-0.39, 0.29) is 29.6 Å². The molecule has 0 saturated heterocycles. The van der Waals surface area contributed by atoms with Gasteiger partial charge in [-0.25, -0.2) is 13.6 Å². The molecule has 0 aliphatic heterocycles. The highest BCUT2D eigenvalue weighted by atomic mass is 35.5. The van der Waals surface area contributed by atoms with Gasteiger partial charge in [-0.2, -0.15) is 4.37 Å². The second-order valence-corrected chi connectivity index (χ2v) is 8.18. The Labute approximate surface area is 176 Å². The lowest BCUT2D eigenvalue weighted by molar-refractivity contribution is 0.0997. The van der Waals surface area contributed by atoms with Crippen molar-refractivity contribution in [3.05, 3.63) is 62.3 Å². The number of primary amides is 1. The van der Waals surface area contributed by atoms with Crippen LogP contribution < -0.4 is 21.1 Å². The van der Waals surface area contributed by atoms with Gasteiger partial charge in [0.05, 0.1) is 4.34 Å². The van der Waals surface area contributed by atoms with Crippen LogP contribution in [0.15, 0.2) is 30.3 Å². The lowest BCUT2D eigenvalue weighted by Gasteiger charge is -2.08. The standard InChI is InChI=1S/C17H13ClF2N4O3S2/c18-12-4-2-9(28-12)7-27-15-13(14(21)25)16(29-24-15)23-17(26)22-6-8-1-3-10(19)11(20)5-8/h1-5H,6-7H2,(H2,21,25)(H2,22,23,26). The molecule has 0 saturated carbocycles. The van der Waals surface area contributed by atoms with E-state index in [2.05, 4.69) is 15.0 Å². The number of urea groups is 1. The summed E-state index contributed by atoms with van der Waals surface area (Å²) in [5, 5.41) is 5.01. The zero-order valence-electron chi connectivity index (χ0n) is 14.5. The maximum Gasteiger partial charge on any atom is 0.320 e. The molecule has 0 aliphatic carbocycles. The summed E-state index contributed by atoms with van der Waals surface area (Å²) in [5.74, 6) is -2.83. The van der Waals surface area contributed by atoms with E-state index in [0.29, 0.717) is 9.90 Å². The molecular weight excluding hydrogens is 446 g/mol. The third kappa shape index (κ3) is 5.40. The molecule has 1 aromatic carbocycles. The summed E-state index contributed by atoms with van der Waals surface area (Å²) in [5.41, 5.74) is 5.67. The first kappa shape index (κ1) is 21.0. The molecule has 0 aliphatic rings. The minimum absolute atomic E-state index is 0.0112. The van der Waals surface area contributed by atoms with Crippen molar-refractivity contribution in [2.45, 2.75) is 13.2 Å². The predicted molar refractivity (Wildman–Crippen MR) is 107 cm³/mol. The summed E-state index contributed by atoms with van der Waals surface area (Å²) in [6.07, 6.45) is 0. The second kappa shape index (κ2) is 9.16. The Hall–Kier alpha value is -2.76. The molecule has 7 nitrogen and oxygen atoms in total. The summed E-state index contributed by atoms with van der Waals surface area (Å²) < 4.78 is 36.3. The van der Waals surface area contributed by atoms with Crippen LogP contribution in [0.25, 0.3) is 0 Å². The Morgan fingerprint density at radius 3 is 2.66 bits per heavy atom. The van der Waals surface area contributed by atoms with E-state index in [1.165, 1.54) is 17.4 Å². The second-order valence-electron chi connectivity index (χ2n) is 5.61. The van der Waals surface area contributed by atoms with Crippen molar-refractivity contribution in [2.24, 2.45) is 5.73 Å². The van der Waals surface area contributed by atoms with Crippen molar-refractivity contribution in [2.75, 3.05) is 5.32 Å². The molecule has 3 rings (SSSR count). The number of rotatable bonds is 7. The topological polar surface area (TPSA) is 106 Å². The number of ether oxygens (including phenoxy) is 1. The average Bonchev–Trinajstić information content (AvgIpc) is 3.26. The molecular formula is C17H13ClF2N4O3S2. The molecule has 2 aromatic heterocycles. The van der Waals surface area contributed by atoms with Crippen LogP contribution >= 0.6 is 34.5 Å². The number of hydrogen-bond donors (Lipinski definition) is 3. The smallest absolute Gasteiger partial charge is 0.320 e. The molecule has 3 amide bonds. The molecule has 12 heteroatoms. The first-order valence-electron chi connectivity index (χ1n) is 7.98. The van der Waals surface area contributed by atoms with Crippen LogP contribution in [0.2, 0.25) is 4.34 Å². The van der Waals surface area contributed by atoms with Gasteiger partial charge in [-0.3, -0.25) is 10.1 Å². The molecule has 0 atom stereocenters. The third-order valence-electron chi connectivity index (χ3n) is 3.55. The summed E-state index contributed by atoms with van der Waals surface area (Å²) >= 11 is 7.99. The van der Waals surface area contributed by atoms with Crippen molar-refractivity contribution in [1.82, 2.24) is 9.69 Å². The minimum Gasteiger partial charge on any atom is -0.471 e. The molecule has 0 radical (unpaired) electrons. The Kier molecular flexibility index (Phi) is 6.62. The number of nitrogens with one attached hydrogen (secondary N) is 2. The summed E-state index contributed by atoms with van der Waals surface area (Å²) in [6, 6.07) is 6.07. The number of nitrogens with zero attached hydrogens (tertiary/aromatic N) is 1. The average molecular weight is 459 g/mol. The van der Waals surface area contributed by atoms with Crippen LogP contribution in [-0.4, -0.2) is 16.3 Å². The normalized spacial score (nSPS) is 10.6. The largest absolute Gasteiger partial charge is 0.471 e. The fourth-order valence-electron chi connectivity index (χ4n) is 2.22. The zero-order chi connectivity index (χ0) is 21.0. The molecule has 152 valence electrons. The summed E-state index contributed by atoms with van der Waals surface area (Å²) in [4.78, 5) is 24.7. The fraction of sp³-hybridized carbons (Fsp3) is 0.118. The number of benzene rings is 1. The number of aromatic nitrogens is 1. The molecule has 0 fully saturated rings. The maximum absolute atomic E-state index is 13.2. The molecule has 2 heterocycles. The third-order valence-corrected chi connectivity index (χ3v) is 5.50. The van der Waals surface area contributed by atoms with Crippen LogP contribution in [-0.2, 0) is 13.2 Å². The highest BCUT2D eigenvalue weighted by molar-refractivity contribution is 7.16. The Balaban J connectivity index is 1.63. The fourth-order valence-corrected chi connectivity index (χ4v) is 3.96. The summed E-state index contributed by atoms with van der Waals surface area (Å²) in [6.45, 7) is 0.0689. The number of halogens is 3. The highest BCUT2D eigenvalue weighted by Crippen LogP contribution is 2.31. The first-order chi connectivity index (χ1) is 13.8. The van der Waals surface area contributed by atoms with Crippen LogP contribution in [0.5, 0.6) is 5.88 Å². The van der Waals surface area contributed by atoms with E-state index in [0.717, 1.165) is 28.5 Å². The van der Waals surface area contributed by atoms with Gasteiger partial charge in [0.25, 0.3) is 5.91 Å². The monoisotopic (exact) mass is 458 g/mol. The SMILES string of the molecule is NC(=O)c1c(OCc2ccc(Cl)s2)nsc1NC(=O)NCc1ccc(F)c(F)c1. The van der Waals surface area contributed by atoms with Crippen molar-refractivity contribution >= 4 is 51.4 Å². The predicted octanol–water partition coefficient (Wildman–Crippen LogP) is 4.14. The number of carbonyl (C=O) groups excluding carboxylic acids is 2. The molecule has 0 bridgehead atoms. The van der Waals surface area contributed by atoms with Gasteiger partial charge in [0, 0.05) is 11.4 Å². The molecule has 3 aromatic rings. The van der Waals surface area contributed by atoms with E-state index in [1.807, 2.05) is 0 Å². The number of carbonyl (C=O) groups is 2. The van der Waals surface area contributed by atoms with E-state index in [1.54, 1.807) is 12.1 Å². The Morgan fingerprint density at radius 2 is 2.00 bits per heavy atom. The number of amides is 3. The van der Waals surface area contributed by atoms with Crippen molar-refractivity contribution < 1.29 is 23.1 Å². The number of anilines is 1. The van der Waals surface area contributed by atoms with Crippen molar-refractivity contribution in [3.63, 3.8) is 0 Å². The number of nitrogens with two attached hydrogens (primary N) is 1. The number of hydrogen-bond acceptors (Lipinski definition) is 6. The van der Waals surface area contributed by atoms with Gasteiger partial charge in [-0.1, -0.05) is 17.7 Å². The Morgan fingerprint density at radius 1 is 1.21 bits per heavy atom.